The number of hydrogen-bond acceptors (Lipinski definition) is 7. The van der Waals surface area contributed by atoms with Crippen molar-refractivity contribution < 1.29 is 14.6 Å². The number of aliphatic hydroxyl groups excluding tert-OH is 1. The normalized spacial score (nSPS) is 15.1. The summed E-state index contributed by atoms with van der Waals surface area (Å²) >= 11 is 0. The molecule has 1 aliphatic heterocycles. The molecule has 2 aromatic carbocycles. The van der Waals surface area contributed by atoms with E-state index in [1.165, 1.54) is 5.56 Å². The molecule has 4 rings (SSSR count). The van der Waals surface area contributed by atoms with Gasteiger partial charge in [-0.15, -0.1) is 5.10 Å². The van der Waals surface area contributed by atoms with Crippen LogP contribution in [0, 0.1) is 6.92 Å². The molecule has 0 radical (unpaired) electrons. The number of benzene rings is 2. The molecule has 0 bridgehead atoms. The Morgan fingerprint density at radius 3 is 2.50 bits per heavy atom. The van der Waals surface area contributed by atoms with Gasteiger partial charge in [-0.3, -0.25) is 4.90 Å². The molecule has 2 N–H and O–H groups in total. The average molecular weight is 437 g/mol. The molecule has 0 amide bonds. The molecule has 1 aliphatic rings. The molecule has 32 heavy (non-hydrogen) atoms. The van der Waals surface area contributed by atoms with Crippen LogP contribution < -0.4 is 14.8 Å². The highest BCUT2D eigenvalue weighted by Gasteiger charge is 2.21. The monoisotopic (exact) mass is 436 g/mol. The summed E-state index contributed by atoms with van der Waals surface area (Å²) in [4.78, 5) is 2.49. The Hall–Kier alpha value is -2.90. The molecule has 1 aromatic heterocycles. The van der Waals surface area contributed by atoms with Gasteiger partial charge in [-0.25, -0.2) is 0 Å². The fourth-order valence-electron chi connectivity index (χ4n) is 4.13. The number of fused-ring (bicyclic) bond motifs is 1. The Morgan fingerprint density at radius 2 is 1.78 bits per heavy atom. The Bertz CT molecular complexity index is 1020. The van der Waals surface area contributed by atoms with Gasteiger partial charge in [-0.05, 0) is 55.7 Å². The predicted molar refractivity (Wildman–Crippen MR) is 126 cm³/mol. The zero-order valence-corrected chi connectivity index (χ0v) is 18.9. The van der Waals surface area contributed by atoms with Crippen LogP contribution in [0.3, 0.4) is 0 Å². The Kier molecular flexibility index (Phi) is 7.39. The zero-order valence-electron chi connectivity index (χ0n) is 18.9. The van der Waals surface area contributed by atoms with Crippen LogP contribution >= 0.6 is 0 Å². The number of piperidine rings is 1. The summed E-state index contributed by atoms with van der Waals surface area (Å²) in [5.41, 5.74) is 2.21. The highest BCUT2D eigenvalue weighted by molar-refractivity contribution is 5.94. The summed E-state index contributed by atoms with van der Waals surface area (Å²) in [5, 5.41) is 23.4. The van der Waals surface area contributed by atoms with Gasteiger partial charge in [0, 0.05) is 49.5 Å². The molecule has 0 spiro atoms. The van der Waals surface area contributed by atoms with Crippen LogP contribution in [0.1, 0.15) is 30.5 Å². The maximum Gasteiger partial charge on any atom is 0.156 e. The largest absolute Gasteiger partial charge is 0.497 e. The summed E-state index contributed by atoms with van der Waals surface area (Å²) in [6.07, 6.45) is 2.77. The molecule has 0 aliphatic carbocycles. The second-order valence-corrected chi connectivity index (χ2v) is 8.31. The lowest BCUT2D eigenvalue weighted by Gasteiger charge is -2.32. The number of nitrogens with one attached hydrogen (secondary N) is 1. The van der Waals surface area contributed by atoms with Crippen molar-refractivity contribution in [1.82, 2.24) is 15.1 Å². The Morgan fingerprint density at radius 1 is 1.03 bits per heavy atom. The number of aryl methyl sites for hydroxylation is 1. The van der Waals surface area contributed by atoms with Crippen molar-refractivity contribution in [2.45, 2.75) is 38.8 Å². The SMILES string of the molecule is COc1ccc2c(C)nnc(NC3CCN(Cc4ccc(OCCCO)cc4)CC3)c2c1. The number of ether oxygens (including phenoxy) is 2. The number of nitrogens with zero attached hydrogens (tertiary/aromatic N) is 3. The number of aromatic nitrogens is 2. The van der Waals surface area contributed by atoms with Gasteiger partial charge >= 0.3 is 0 Å². The van der Waals surface area contributed by atoms with E-state index in [2.05, 4.69) is 38.6 Å². The number of methoxy groups -OCH3 is 1. The van der Waals surface area contributed by atoms with E-state index in [-0.39, 0.29) is 6.61 Å². The minimum Gasteiger partial charge on any atom is -0.497 e. The lowest BCUT2D eigenvalue weighted by Crippen LogP contribution is -2.38. The van der Waals surface area contributed by atoms with Gasteiger partial charge in [0.2, 0.25) is 0 Å². The van der Waals surface area contributed by atoms with E-state index >= 15 is 0 Å². The number of anilines is 1. The van der Waals surface area contributed by atoms with Crippen molar-refractivity contribution in [3.63, 3.8) is 0 Å². The Balaban J connectivity index is 1.32. The number of hydrogen-bond donors (Lipinski definition) is 2. The number of aliphatic hydroxyl groups is 1. The first-order valence-electron chi connectivity index (χ1n) is 11.3. The molecule has 2 heterocycles. The van der Waals surface area contributed by atoms with Crippen LogP contribution in [-0.4, -0.2) is 59.7 Å². The minimum atomic E-state index is 0.157. The first kappa shape index (κ1) is 22.3. The zero-order chi connectivity index (χ0) is 22.3. The molecule has 1 fully saturated rings. The van der Waals surface area contributed by atoms with Gasteiger partial charge in [0.25, 0.3) is 0 Å². The van der Waals surface area contributed by atoms with Crippen LogP contribution in [0.4, 0.5) is 5.82 Å². The molecular weight excluding hydrogens is 404 g/mol. The maximum absolute atomic E-state index is 8.85. The maximum atomic E-state index is 8.85. The van der Waals surface area contributed by atoms with E-state index in [0.29, 0.717) is 19.1 Å². The van der Waals surface area contributed by atoms with Crippen LogP contribution in [0.15, 0.2) is 42.5 Å². The number of rotatable bonds is 9. The van der Waals surface area contributed by atoms with E-state index < -0.39 is 0 Å². The predicted octanol–water partition coefficient (Wildman–Crippen LogP) is 3.78. The fraction of sp³-hybridized carbons (Fsp3) is 0.440. The quantitative estimate of drug-likeness (QED) is 0.494. The fourth-order valence-corrected chi connectivity index (χ4v) is 4.13. The summed E-state index contributed by atoms with van der Waals surface area (Å²) in [5.74, 6) is 2.51. The lowest BCUT2D eigenvalue weighted by atomic mass is 10.0. The molecule has 7 nitrogen and oxygen atoms in total. The van der Waals surface area contributed by atoms with E-state index in [4.69, 9.17) is 14.6 Å². The topological polar surface area (TPSA) is 79.7 Å². The first-order valence-corrected chi connectivity index (χ1v) is 11.3. The standard InChI is InChI=1S/C25H32N4O3/c1-18-23-9-8-22(31-2)16-24(23)25(28-27-18)26-20-10-12-29(13-11-20)17-19-4-6-21(7-5-19)32-15-3-14-30/h4-9,16,20,30H,3,10-15,17H2,1-2H3,(H,26,28). The summed E-state index contributed by atoms with van der Waals surface area (Å²) in [6.45, 7) is 5.69. The van der Waals surface area contributed by atoms with Crippen LogP contribution in [0.5, 0.6) is 11.5 Å². The lowest BCUT2D eigenvalue weighted by molar-refractivity contribution is 0.211. The Labute approximate surface area is 189 Å². The number of likely N-dealkylation sites (tertiary alicyclic amines) is 1. The third kappa shape index (κ3) is 5.47. The highest BCUT2D eigenvalue weighted by atomic mass is 16.5. The van der Waals surface area contributed by atoms with Gasteiger partial charge in [-0.2, -0.15) is 5.10 Å². The van der Waals surface area contributed by atoms with Gasteiger partial charge in [0.15, 0.2) is 5.82 Å². The van der Waals surface area contributed by atoms with Crippen molar-refractivity contribution in [2.75, 3.05) is 38.7 Å². The van der Waals surface area contributed by atoms with Gasteiger partial charge in [-0.1, -0.05) is 12.1 Å². The average Bonchev–Trinajstić information content (AvgIpc) is 2.83. The van der Waals surface area contributed by atoms with Gasteiger partial charge in [0.05, 0.1) is 19.4 Å². The van der Waals surface area contributed by atoms with Crippen molar-refractivity contribution in [2.24, 2.45) is 0 Å². The van der Waals surface area contributed by atoms with Crippen molar-refractivity contribution in [3.05, 3.63) is 53.7 Å². The molecule has 3 aromatic rings. The summed E-state index contributed by atoms with van der Waals surface area (Å²) in [7, 11) is 1.68. The van der Waals surface area contributed by atoms with E-state index in [1.54, 1.807) is 7.11 Å². The molecule has 1 saturated heterocycles. The first-order chi connectivity index (χ1) is 15.7. The second kappa shape index (κ2) is 10.6. The van der Waals surface area contributed by atoms with Crippen LogP contribution in [0.2, 0.25) is 0 Å². The highest BCUT2D eigenvalue weighted by Crippen LogP contribution is 2.28. The smallest absolute Gasteiger partial charge is 0.156 e. The third-order valence-corrected chi connectivity index (χ3v) is 6.00. The van der Waals surface area contributed by atoms with Crippen molar-refractivity contribution in [3.8, 4) is 11.5 Å². The molecular formula is C25H32N4O3. The summed E-state index contributed by atoms with van der Waals surface area (Å²) < 4.78 is 11.0. The van der Waals surface area contributed by atoms with Crippen LogP contribution in [0.25, 0.3) is 10.8 Å². The second-order valence-electron chi connectivity index (χ2n) is 8.31. The summed E-state index contributed by atoms with van der Waals surface area (Å²) in [6, 6.07) is 14.7. The molecule has 7 heteroatoms. The van der Waals surface area contributed by atoms with Crippen LogP contribution in [-0.2, 0) is 6.54 Å². The van der Waals surface area contributed by atoms with Crippen molar-refractivity contribution in [1.29, 1.82) is 0 Å². The third-order valence-electron chi connectivity index (χ3n) is 6.00. The van der Waals surface area contributed by atoms with E-state index in [0.717, 1.165) is 66.3 Å². The van der Waals surface area contributed by atoms with Gasteiger partial charge in [0.1, 0.15) is 11.5 Å². The molecule has 0 unspecified atom stereocenters. The van der Waals surface area contributed by atoms with E-state index in [1.807, 2.05) is 31.2 Å². The van der Waals surface area contributed by atoms with Gasteiger partial charge < -0.3 is 19.9 Å². The van der Waals surface area contributed by atoms with Crippen molar-refractivity contribution >= 4 is 16.6 Å². The molecule has 0 saturated carbocycles. The van der Waals surface area contributed by atoms with E-state index in [9.17, 15) is 0 Å². The minimum absolute atomic E-state index is 0.157. The molecule has 0 atom stereocenters. The molecule has 170 valence electrons.